The monoisotopic (exact) mass is 597 g/mol. The van der Waals surface area contributed by atoms with Crippen LogP contribution in [0.5, 0.6) is 5.75 Å². The van der Waals surface area contributed by atoms with Crippen LogP contribution in [0.3, 0.4) is 0 Å². The number of carbonyl (C=O) groups is 3. The van der Waals surface area contributed by atoms with Crippen LogP contribution in [-0.4, -0.2) is 73.6 Å². The molecule has 1 fully saturated rings. The Kier molecular flexibility index (Phi) is 6.49. The fourth-order valence-electron chi connectivity index (χ4n) is 5.50. The third-order valence-electron chi connectivity index (χ3n) is 7.02. The molecule has 11 heteroatoms. The van der Waals surface area contributed by atoms with Gasteiger partial charge in [0.05, 0.1) is 17.2 Å². The number of nitrogens with zero attached hydrogens (tertiary/aromatic N) is 1. The van der Waals surface area contributed by atoms with Gasteiger partial charge in [0.2, 0.25) is 5.78 Å². The van der Waals surface area contributed by atoms with Crippen molar-refractivity contribution in [2.24, 2.45) is 17.6 Å². The van der Waals surface area contributed by atoms with Gasteiger partial charge in [-0.2, -0.15) is 0 Å². The second-order valence-corrected chi connectivity index (χ2v) is 8.96. The van der Waals surface area contributed by atoms with Crippen molar-refractivity contribution >= 4 is 23.2 Å². The van der Waals surface area contributed by atoms with E-state index in [-0.39, 0.29) is 66.9 Å². The zero-order valence-electron chi connectivity index (χ0n) is 18.0. The van der Waals surface area contributed by atoms with E-state index in [0.717, 1.165) is 0 Å². The third-order valence-corrected chi connectivity index (χ3v) is 7.02. The Morgan fingerprint density at radius 2 is 1.76 bits per heavy atom. The minimum Gasteiger partial charge on any atom is -0.508 e. The number of likely N-dealkylation sites (N-methyl/N-ethyl adjacent to an activating group) is 1. The molecule has 5 atom stereocenters. The fraction of sp³-hybridized carbons (Fsp3) is 0.409. The van der Waals surface area contributed by atoms with E-state index in [1.54, 1.807) is 0 Å². The van der Waals surface area contributed by atoms with E-state index in [1.165, 1.54) is 44.1 Å². The van der Waals surface area contributed by atoms with Gasteiger partial charge in [-0.05, 0) is 39.1 Å². The van der Waals surface area contributed by atoms with E-state index in [2.05, 4.69) is 0 Å². The van der Waals surface area contributed by atoms with Crippen molar-refractivity contribution in [1.82, 2.24) is 4.90 Å². The van der Waals surface area contributed by atoms with E-state index >= 15 is 0 Å². The summed E-state index contributed by atoms with van der Waals surface area (Å²) in [7, 11) is 3.01. The Morgan fingerprint density at radius 3 is 2.30 bits per heavy atom. The number of benzene rings is 1. The first-order valence-corrected chi connectivity index (χ1v) is 9.97. The molecule has 7 N–H and O–H groups in total. The molecule has 1 aromatic rings. The van der Waals surface area contributed by atoms with Gasteiger partial charge in [-0.1, -0.05) is 12.1 Å². The van der Waals surface area contributed by atoms with E-state index in [9.17, 15) is 39.9 Å². The van der Waals surface area contributed by atoms with Crippen LogP contribution in [0.2, 0.25) is 0 Å². The van der Waals surface area contributed by atoms with Gasteiger partial charge in [-0.3, -0.25) is 19.3 Å². The standard InChI is InChI=1S/C22H24N2O8.Eu/c1-21(31)8-5-4-6-11(25)12(8)16(26)13-9(21)7-10-15(24(2)3)17(27)14(20(23)30)19(29)22(10,32)18(13)28;/h4-6,9-10,15,25-26,29,31-32H,7H2,1-3H3,(H2,23,30);/q;+3/t9-,10-,15-,21+,22-;/m0./s1. The number of ketones is 2. The molecule has 0 heterocycles. The van der Waals surface area contributed by atoms with Crippen LogP contribution in [0.15, 0.2) is 35.1 Å². The number of fused-ring (bicyclic) bond motifs is 3. The normalized spacial score (nSPS) is 33.3. The molecule has 0 spiro atoms. The molecule has 0 bridgehead atoms. The number of phenolic OH excluding ortho intramolecular Hbond substituents is 1. The predicted molar refractivity (Wildman–Crippen MR) is 110 cm³/mol. The Labute approximate surface area is 229 Å². The molecule has 1 amide bonds. The first-order chi connectivity index (χ1) is 14.8. The van der Waals surface area contributed by atoms with Gasteiger partial charge in [-0.15, -0.1) is 0 Å². The predicted octanol–water partition coefficient (Wildman–Crippen LogP) is -0.371. The minimum absolute atomic E-state index is 0. The zero-order chi connectivity index (χ0) is 23.9. The van der Waals surface area contributed by atoms with Crippen LogP contribution in [0.1, 0.15) is 24.5 Å². The van der Waals surface area contributed by atoms with Gasteiger partial charge >= 0.3 is 49.4 Å². The van der Waals surface area contributed by atoms with Crippen molar-refractivity contribution in [3.8, 4) is 5.75 Å². The maximum Gasteiger partial charge on any atom is 3.00 e. The van der Waals surface area contributed by atoms with Gasteiger partial charge in [0.1, 0.15) is 22.8 Å². The topological polar surface area (TPSA) is 182 Å². The number of aromatic hydroxyl groups is 1. The summed E-state index contributed by atoms with van der Waals surface area (Å²) in [6, 6.07) is 3.02. The minimum atomic E-state index is -2.75. The molecule has 1 aromatic carbocycles. The van der Waals surface area contributed by atoms with Crippen molar-refractivity contribution in [2.75, 3.05) is 14.1 Å². The number of phenols is 1. The first kappa shape index (κ1) is 26.0. The first-order valence-electron chi connectivity index (χ1n) is 9.97. The number of primary amides is 1. The molecule has 3 aliphatic carbocycles. The molecule has 0 radical (unpaired) electrons. The van der Waals surface area contributed by atoms with Crippen LogP contribution >= 0.6 is 0 Å². The molecule has 1 saturated carbocycles. The van der Waals surface area contributed by atoms with Crippen molar-refractivity contribution in [3.63, 3.8) is 0 Å². The Hall–Kier alpha value is -1.63. The van der Waals surface area contributed by atoms with Crippen molar-refractivity contribution in [1.29, 1.82) is 0 Å². The SMILES string of the molecule is CN(C)[C@@H]1C(=O)C(C(N)=O)=C(O)[C@@]2(O)C(=O)C3=C(O)c4c(O)cccc4[C@@](C)(O)[C@H]3C[C@@H]12.[Eu+3]. The smallest absolute Gasteiger partial charge is 0.508 e. The Balaban J connectivity index is 0.00000306. The Morgan fingerprint density at radius 1 is 1.15 bits per heavy atom. The van der Waals surface area contributed by atoms with E-state index < -0.39 is 75.0 Å². The summed E-state index contributed by atoms with van der Waals surface area (Å²) < 4.78 is 0. The molecule has 33 heavy (non-hydrogen) atoms. The summed E-state index contributed by atoms with van der Waals surface area (Å²) in [5.41, 5.74) is -0.548. The zero-order valence-corrected chi connectivity index (χ0v) is 20.5. The molecule has 0 aliphatic heterocycles. The number of Topliss-reactive ketones (excluding diaryl/α,β-unsaturated/α-hetero) is 2. The summed E-state index contributed by atoms with van der Waals surface area (Å²) in [4.78, 5) is 40.0. The van der Waals surface area contributed by atoms with Crippen LogP contribution in [0.25, 0.3) is 5.76 Å². The number of carbonyl (C=O) groups excluding carboxylic acids is 3. The molecular formula is C22H24EuN2O8+3. The molecule has 174 valence electrons. The molecular weight excluding hydrogens is 572 g/mol. The van der Waals surface area contributed by atoms with Gasteiger partial charge in [0, 0.05) is 17.4 Å². The number of nitrogens with two attached hydrogens (primary N) is 1. The number of aliphatic hydroxyl groups is 4. The van der Waals surface area contributed by atoms with E-state index in [0.29, 0.717) is 0 Å². The number of hydrogen-bond donors (Lipinski definition) is 6. The second-order valence-electron chi connectivity index (χ2n) is 8.96. The third kappa shape index (κ3) is 3.28. The van der Waals surface area contributed by atoms with Gasteiger partial charge < -0.3 is 31.3 Å². The average molecular weight is 596 g/mol. The van der Waals surface area contributed by atoms with Crippen LogP contribution in [-0.2, 0) is 20.0 Å². The summed E-state index contributed by atoms with van der Waals surface area (Å²) in [6.45, 7) is 1.40. The molecule has 3 aliphatic rings. The fourth-order valence-corrected chi connectivity index (χ4v) is 5.50. The number of aliphatic hydroxyl groups excluding tert-OH is 2. The molecule has 0 saturated heterocycles. The maximum absolute atomic E-state index is 13.7. The molecule has 4 rings (SSSR count). The van der Waals surface area contributed by atoms with E-state index in [4.69, 9.17) is 5.73 Å². The number of amides is 1. The Bertz CT molecular complexity index is 1160. The quantitative estimate of drug-likeness (QED) is 0.248. The van der Waals surface area contributed by atoms with Gasteiger partial charge in [0.15, 0.2) is 11.4 Å². The summed E-state index contributed by atoms with van der Waals surface area (Å²) in [5, 5.41) is 54.9. The van der Waals surface area contributed by atoms with Crippen molar-refractivity contribution < 1.29 is 89.3 Å². The van der Waals surface area contributed by atoms with Crippen LogP contribution in [0, 0.1) is 61.2 Å². The molecule has 0 aromatic heterocycles. The van der Waals surface area contributed by atoms with E-state index in [1.807, 2.05) is 0 Å². The average Bonchev–Trinajstić information content (AvgIpc) is 2.68. The summed E-state index contributed by atoms with van der Waals surface area (Å²) in [6.07, 6.45) is -0.200. The summed E-state index contributed by atoms with van der Waals surface area (Å²) >= 11 is 0. The van der Waals surface area contributed by atoms with Crippen molar-refractivity contribution in [2.45, 2.75) is 30.6 Å². The largest absolute Gasteiger partial charge is 3.00 e. The molecule has 10 nitrogen and oxygen atoms in total. The number of hydrogen-bond acceptors (Lipinski definition) is 9. The van der Waals surface area contributed by atoms with Gasteiger partial charge in [-0.25, -0.2) is 0 Å². The maximum atomic E-state index is 13.7. The van der Waals surface area contributed by atoms with Crippen LogP contribution in [0.4, 0.5) is 0 Å². The van der Waals surface area contributed by atoms with Crippen molar-refractivity contribution in [3.05, 3.63) is 46.2 Å². The summed E-state index contributed by atoms with van der Waals surface area (Å²) in [5.74, 6) is -7.90. The van der Waals surface area contributed by atoms with Crippen LogP contribution < -0.4 is 5.73 Å². The van der Waals surface area contributed by atoms with Gasteiger partial charge in [0.25, 0.3) is 5.91 Å². The number of rotatable bonds is 2. The molecule has 0 unspecified atom stereocenters. The second kappa shape index (κ2) is 8.25.